The molecule has 0 aromatic carbocycles. The van der Waals surface area contributed by atoms with E-state index in [0.29, 0.717) is 17.9 Å². The van der Waals surface area contributed by atoms with Gasteiger partial charge in [0.05, 0.1) is 18.6 Å². The van der Waals surface area contributed by atoms with Gasteiger partial charge >= 0.3 is 11.7 Å². The highest BCUT2D eigenvalue weighted by atomic mass is 35.5. The van der Waals surface area contributed by atoms with Crippen molar-refractivity contribution < 1.29 is 14.4 Å². The standard InChI is InChI=1S/C14H16ClN5O4/c1-4-24-14-18-8(2)12(20(21)22)13(19-14)17-7-9-6-16-11(15)5-10(9)23-3/h5-6H,4,7H2,1-3H3,(H,17,18,19). The van der Waals surface area contributed by atoms with Crippen molar-refractivity contribution in [1.29, 1.82) is 0 Å². The van der Waals surface area contributed by atoms with Crippen LogP contribution in [0.4, 0.5) is 11.5 Å². The number of hydrogen-bond donors (Lipinski definition) is 1. The van der Waals surface area contributed by atoms with E-state index in [0.717, 1.165) is 0 Å². The van der Waals surface area contributed by atoms with Crippen LogP contribution in [0.2, 0.25) is 5.15 Å². The number of halogens is 1. The van der Waals surface area contributed by atoms with Crippen molar-refractivity contribution in [3.63, 3.8) is 0 Å². The molecule has 0 unspecified atom stereocenters. The van der Waals surface area contributed by atoms with Gasteiger partial charge in [-0.3, -0.25) is 10.1 Å². The molecule has 1 N–H and O–H groups in total. The van der Waals surface area contributed by atoms with E-state index in [1.54, 1.807) is 13.0 Å². The lowest BCUT2D eigenvalue weighted by Gasteiger charge is -2.11. The van der Waals surface area contributed by atoms with Gasteiger partial charge in [-0.05, 0) is 13.8 Å². The Kier molecular flexibility index (Phi) is 5.69. The fourth-order valence-electron chi connectivity index (χ4n) is 2.02. The molecule has 0 aliphatic carbocycles. The van der Waals surface area contributed by atoms with Gasteiger partial charge in [0.25, 0.3) is 0 Å². The second-order valence-corrected chi connectivity index (χ2v) is 5.04. The third-order valence-corrected chi connectivity index (χ3v) is 3.28. The van der Waals surface area contributed by atoms with Crippen LogP contribution in [0.5, 0.6) is 11.8 Å². The van der Waals surface area contributed by atoms with Gasteiger partial charge in [0.15, 0.2) is 0 Å². The minimum atomic E-state index is -0.537. The maximum absolute atomic E-state index is 11.3. The molecule has 0 radical (unpaired) electrons. The van der Waals surface area contributed by atoms with Gasteiger partial charge in [-0.25, -0.2) is 4.98 Å². The molecule has 0 aliphatic heterocycles. The van der Waals surface area contributed by atoms with Gasteiger partial charge < -0.3 is 14.8 Å². The molecule has 0 amide bonds. The van der Waals surface area contributed by atoms with Crippen LogP contribution in [0.15, 0.2) is 12.3 Å². The topological polar surface area (TPSA) is 112 Å². The Labute approximate surface area is 143 Å². The van der Waals surface area contributed by atoms with Crippen LogP contribution >= 0.6 is 11.6 Å². The Morgan fingerprint density at radius 3 is 2.79 bits per heavy atom. The lowest BCUT2D eigenvalue weighted by Crippen LogP contribution is -2.10. The van der Waals surface area contributed by atoms with E-state index in [1.165, 1.54) is 20.2 Å². The van der Waals surface area contributed by atoms with Crippen molar-refractivity contribution >= 4 is 23.1 Å². The number of rotatable bonds is 7. The first-order chi connectivity index (χ1) is 11.5. The van der Waals surface area contributed by atoms with Crippen LogP contribution < -0.4 is 14.8 Å². The molecule has 0 saturated heterocycles. The zero-order valence-electron chi connectivity index (χ0n) is 13.4. The molecule has 2 heterocycles. The van der Waals surface area contributed by atoms with E-state index in [9.17, 15) is 10.1 Å². The molecule has 2 aromatic heterocycles. The predicted molar refractivity (Wildman–Crippen MR) is 87.7 cm³/mol. The fraction of sp³-hybridized carbons (Fsp3) is 0.357. The summed E-state index contributed by atoms with van der Waals surface area (Å²) in [6.45, 7) is 3.86. The molecule has 2 rings (SSSR count). The number of nitrogens with one attached hydrogen (secondary N) is 1. The third-order valence-electron chi connectivity index (χ3n) is 3.07. The first kappa shape index (κ1) is 17.7. The Hall–Kier alpha value is -2.68. The van der Waals surface area contributed by atoms with Crippen molar-refractivity contribution in [3.8, 4) is 11.8 Å². The average molecular weight is 354 g/mol. The summed E-state index contributed by atoms with van der Waals surface area (Å²) < 4.78 is 10.5. The van der Waals surface area contributed by atoms with Gasteiger partial charge in [-0.1, -0.05) is 11.6 Å². The number of methoxy groups -OCH3 is 1. The number of anilines is 1. The molecule has 0 atom stereocenters. The van der Waals surface area contributed by atoms with Gasteiger partial charge in [-0.15, -0.1) is 0 Å². The van der Waals surface area contributed by atoms with Gasteiger partial charge in [-0.2, -0.15) is 9.97 Å². The second-order valence-electron chi connectivity index (χ2n) is 4.65. The molecule has 0 aliphatic rings. The summed E-state index contributed by atoms with van der Waals surface area (Å²) in [7, 11) is 1.50. The molecule has 0 saturated carbocycles. The zero-order valence-corrected chi connectivity index (χ0v) is 14.1. The normalized spacial score (nSPS) is 10.3. The largest absolute Gasteiger partial charge is 0.496 e. The molecule has 2 aromatic rings. The van der Waals surface area contributed by atoms with Crippen molar-refractivity contribution in [2.75, 3.05) is 19.0 Å². The molecule has 0 spiro atoms. The molecular weight excluding hydrogens is 338 g/mol. The zero-order chi connectivity index (χ0) is 17.7. The highest BCUT2D eigenvalue weighted by Gasteiger charge is 2.22. The van der Waals surface area contributed by atoms with Crippen molar-refractivity contribution in [1.82, 2.24) is 15.0 Å². The number of hydrogen-bond acceptors (Lipinski definition) is 8. The molecule has 0 fully saturated rings. The first-order valence-electron chi connectivity index (χ1n) is 7.04. The molecule has 128 valence electrons. The quantitative estimate of drug-likeness (QED) is 0.459. The summed E-state index contributed by atoms with van der Waals surface area (Å²) >= 11 is 5.82. The summed E-state index contributed by atoms with van der Waals surface area (Å²) in [5.41, 5.74) is 0.673. The lowest BCUT2D eigenvalue weighted by atomic mass is 10.2. The Morgan fingerprint density at radius 1 is 1.42 bits per heavy atom. The molecular formula is C14H16ClN5O4. The Balaban J connectivity index is 2.33. The fourth-order valence-corrected chi connectivity index (χ4v) is 2.17. The molecule has 10 heteroatoms. The van der Waals surface area contributed by atoms with Crippen LogP contribution in [0.25, 0.3) is 0 Å². The second kappa shape index (κ2) is 7.73. The Bertz CT molecular complexity index is 756. The highest BCUT2D eigenvalue weighted by Crippen LogP contribution is 2.29. The SMILES string of the molecule is CCOc1nc(C)c([N+](=O)[O-])c(NCc2cnc(Cl)cc2OC)n1. The van der Waals surface area contributed by atoms with Crippen LogP contribution in [0.1, 0.15) is 18.2 Å². The summed E-state index contributed by atoms with van der Waals surface area (Å²) in [5, 5.41) is 14.5. The number of ether oxygens (including phenoxy) is 2. The van der Waals surface area contributed by atoms with Crippen molar-refractivity contribution in [2.24, 2.45) is 0 Å². The van der Waals surface area contributed by atoms with E-state index in [4.69, 9.17) is 21.1 Å². The highest BCUT2D eigenvalue weighted by molar-refractivity contribution is 6.29. The van der Waals surface area contributed by atoms with Crippen LogP contribution in [0, 0.1) is 17.0 Å². The maximum Gasteiger partial charge on any atom is 0.332 e. The van der Waals surface area contributed by atoms with E-state index in [1.807, 2.05) is 0 Å². The monoisotopic (exact) mass is 353 g/mol. The number of nitrogens with zero attached hydrogens (tertiary/aromatic N) is 4. The predicted octanol–water partition coefficient (Wildman–Crippen LogP) is 2.76. The number of aryl methyl sites for hydroxylation is 1. The van der Waals surface area contributed by atoms with Crippen molar-refractivity contribution in [2.45, 2.75) is 20.4 Å². The lowest BCUT2D eigenvalue weighted by molar-refractivity contribution is -0.385. The van der Waals surface area contributed by atoms with E-state index in [2.05, 4.69) is 20.3 Å². The molecule has 0 bridgehead atoms. The van der Waals surface area contributed by atoms with E-state index < -0.39 is 4.92 Å². The number of pyridine rings is 1. The molecule has 24 heavy (non-hydrogen) atoms. The summed E-state index contributed by atoms with van der Waals surface area (Å²) in [4.78, 5) is 22.8. The molecule has 9 nitrogen and oxygen atoms in total. The van der Waals surface area contributed by atoms with Crippen LogP contribution in [0.3, 0.4) is 0 Å². The van der Waals surface area contributed by atoms with Gasteiger partial charge in [0.2, 0.25) is 5.82 Å². The first-order valence-corrected chi connectivity index (χ1v) is 7.42. The van der Waals surface area contributed by atoms with Crippen LogP contribution in [-0.4, -0.2) is 33.6 Å². The third kappa shape index (κ3) is 3.99. The summed E-state index contributed by atoms with van der Waals surface area (Å²) in [6.07, 6.45) is 1.53. The number of nitro groups is 1. The Morgan fingerprint density at radius 2 is 2.17 bits per heavy atom. The maximum atomic E-state index is 11.3. The van der Waals surface area contributed by atoms with Gasteiger partial charge in [0.1, 0.15) is 16.6 Å². The number of aromatic nitrogens is 3. The van der Waals surface area contributed by atoms with Crippen LogP contribution in [-0.2, 0) is 6.54 Å². The average Bonchev–Trinajstić information content (AvgIpc) is 2.53. The van der Waals surface area contributed by atoms with E-state index in [-0.39, 0.29) is 34.9 Å². The minimum absolute atomic E-state index is 0.0629. The minimum Gasteiger partial charge on any atom is -0.496 e. The summed E-state index contributed by atoms with van der Waals surface area (Å²) in [5.74, 6) is 0.578. The summed E-state index contributed by atoms with van der Waals surface area (Å²) in [6, 6.07) is 1.63. The van der Waals surface area contributed by atoms with Gasteiger partial charge in [0, 0.05) is 24.4 Å². The smallest absolute Gasteiger partial charge is 0.332 e. The van der Waals surface area contributed by atoms with Crippen molar-refractivity contribution in [3.05, 3.63) is 38.8 Å². The van der Waals surface area contributed by atoms with E-state index >= 15 is 0 Å².